The Morgan fingerprint density at radius 2 is 1.96 bits per heavy atom. The van der Waals surface area contributed by atoms with Crippen molar-refractivity contribution in [3.8, 4) is 0 Å². The standard InChI is InChI=1S/C21H33N3O/c1-23-13-11-19(12-14-23)24(2)17-21(18-8-4-3-5-9-18)22-16-20-10-6-7-15-25-20/h3-5,7-9,15,19-22H,6,10-14,16-17H2,1-2H3/t20-,21+/m1/s1. The van der Waals surface area contributed by atoms with E-state index in [9.17, 15) is 0 Å². The van der Waals surface area contributed by atoms with Crippen LogP contribution in [0.1, 0.15) is 37.3 Å². The van der Waals surface area contributed by atoms with Crippen molar-refractivity contribution in [3.05, 3.63) is 48.2 Å². The lowest BCUT2D eigenvalue weighted by atomic mass is 10.0. The fraction of sp³-hybridized carbons (Fsp3) is 0.619. The first kappa shape index (κ1) is 18.4. The van der Waals surface area contributed by atoms with Crippen molar-refractivity contribution in [2.45, 2.75) is 43.9 Å². The summed E-state index contributed by atoms with van der Waals surface area (Å²) in [5, 5.41) is 3.77. The lowest BCUT2D eigenvalue weighted by molar-refractivity contribution is 0.108. The number of benzene rings is 1. The third kappa shape index (κ3) is 5.56. The van der Waals surface area contributed by atoms with Crippen molar-refractivity contribution >= 4 is 0 Å². The Bertz CT molecular complexity index is 525. The van der Waals surface area contributed by atoms with Gasteiger partial charge in [0.1, 0.15) is 6.10 Å². The van der Waals surface area contributed by atoms with Crippen LogP contribution in [0.3, 0.4) is 0 Å². The maximum atomic E-state index is 5.74. The number of likely N-dealkylation sites (N-methyl/N-ethyl adjacent to an activating group) is 1. The normalized spacial score (nSPS) is 23.6. The number of ether oxygens (including phenoxy) is 1. The summed E-state index contributed by atoms with van der Waals surface area (Å²) in [4.78, 5) is 4.99. The van der Waals surface area contributed by atoms with Gasteiger partial charge >= 0.3 is 0 Å². The Morgan fingerprint density at radius 3 is 2.64 bits per heavy atom. The minimum atomic E-state index is 0.296. The van der Waals surface area contributed by atoms with E-state index in [0.29, 0.717) is 18.2 Å². The van der Waals surface area contributed by atoms with Crippen LogP contribution in [0.4, 0.5) is 0 Å². The van der Waals surface area contributed by atoms with Crippen molar-refractivity contribution < 1.29 is 4.74 Å². The van der Waals surface area contributed by atoms with Crippen LogP contribution in [0, 0.1) is 0 Å². The highest BCUT2D eigenvalue weighted by molar-refractivity contribution is 5.19. The third-order valence-electron chi connectivity index (χ3n) is 5.60. The summed E-state index contributed by atoms with van der Waals surface area (Å²) in [7, 11) is 4.51. The van der Waals surface area contributed by atoms with Gasteiger partial charge in [0, 0.05) is 25.2 Å². The van der Waals surface area contributed by atoms with Gasteiger partial charge in [-0.1, -0.05) is 30.3 Å². The molecule has 3 rings (SSSR count). The van der Waals surface area contributed by atoms with E-state index in [2.05, 4.69) is 65.6 Å². The van der Waals surface area contributed by atoms with Crippen LogP contribution in [0.15, 0.2) is 42.7 Å². The molecule has 0 unspecified atom stereocenters. The number of hydrogen-bond acceptors (Lipinski definition) is 4. The average molecular weight is 344 g/mol. The Labute approximate surface area is 152 Å². The van der Waals surface area contributed by atoms with Gasteiger partial charge in [-0.05, 0) is 64.5 Å². The molecule has 1 fully saturated rings. The molecule has 0 aliphatic carbocycles. The molecule has 0 radical (unpaired) electrons. The summed E-state index contributed by atoms with van der Waals surface area (Å²) >= 11 is 0. The second kappa shape index (κ2) is 9.37. The smallest absolute Gasteiger partial charge is 0.110 e. The highest BCUT2D eigenvalue weighted by Gasteiger charge is 2.24. The summed E-state index contributed by atoms with van der Waals surface area (Å²) in [6.45, 7) is 4.37. The van der Waals surface area contributed by atoms with Crippen LogP contribution in [0.5, 0.6) is 0 Å². The monoisotopic (exact) mass is 343 g/mol. The van der Waals surface area contributed by atoms with Gasteiger partial charge in [0.05, 0.1) is 6.26 Å². The molecule has 0 amide bonds. The molecule has 2 aliphatic heterocycles. The topological polar surface area (TPSA) is 27.7 Å². The predicted molar refractivity (Wildman–Crippen MR) is 104 cm³/mol. The second-order valence-corrected chi connectivity index (χ2v) is 7.55. The zero-order valence-electron chi connectivity index (χ0n) is 15.7. The molecular formula is C21H33N3O. The van der Waals surface area contributed by atoms with Crippen LogP contribution in [0.25, 0.3) is 0 Å². The molecule has 25 heavy (non-hydrogen) atoms. The van der Waals surface area contributed by atoms with Crippen LogP contribution < -0.4 is 5.32 Å². The molecular weight excluding hydrogens is 310 g/mol. The molecule has 0 saturated carbocycles. The molecule has 1 aromatic carbocycles. The second-order valence-electron chi connectivity index (χ2n) is 7.55. The van der Waals surface area contributed by atoms with E-state index < -0.39 is 0 Å². The molecule has 2 aliphatic rings. The lowest BCUT2D eigenvalue weighted by Crippen LogP contribution is -2.45. The van der Waals surface area contributed by atoms with Crippen molar-refractivity contribution in [3.63, 3.8) is 0 Å². The Balaban J connectivity index is 1.58. The van der Waals surface area contributed by atoms with E-state index in [0.717, 1.165) is 25.9 Å². The van der Waals surface area contributed by atoms with Gasteiger partial charge in [-0.25, -0.2) is 0 Å². The number of nitrogens with zero attached hydrogens (tertiary/aromatic N) is 2. The molecule has 1 saturated heterocycles. The van der Waals surface area contributed by atoms with Crippen LogP contribution >= 0.6 is 0 Å². The Kier molecular flexibility index (Phi) is 6.91. The van der Waals surface area contributed by atoms with Gasteiger partial charge in [-0.15, -0.1) is 0 Å². The van der Waals surface area contributed by atoms with Gasteiger partial charge in [-0.3, -0.25) is 0 Å². The SMILES string of the molecule is CN1CCC(N(C)C[C@H](NC[C@H]2CCC=CO2)c2ccccc2)CC1. The lowest BCUT2D eigenvalue weighted by Gasteiger charge is -2.37. The maximum absolute atomic E-state index is 5.74. The van der Waals surface area contributed by atoms with Crippen molar-refractivity contribution in [2.75, 3.05) is 40.3 Å². The minimum Gasteiger partial charge on any atom is -0.497 e. The fourth-order valence-corrected chi connectivity index (χ4v) is 3.85. The Hall–Kier alpha value is -1.36. The highest BCUT2D eigenvalue weighted by atomic mass is 16.5. The quantitative estimate of drug-likeness (QED) is 0.824. The summed E-state index contributed by atoms with van der Waals surface area (Å²) in [6.07, 6.45) is 9.03. The van der Waals surface area contributed by atoms with E-state index in [4.69, 9.17) is 4.74 Å². The molecule has 0 bridgehead atoms. The third-order valence-corrected chi connectivity index (χ3v) is 5.60. The molecule has 1 aromatic rings. The van der Waals surface area contributed by atoms with E-state index >= 15 is 0 Å². The van der Waals surface area contributed by atoms with Gasteiger partial charge in [0.15, 0.2) is 0 Å². The zero-order valence-corrected chi connectivity index (χ0v) is 15.7. The first-order valence-corrected chi connectivity index (χ1v) is 9.70. The van der Waals surface area contributed by atoms with Crippen molar-refractivity contribution in [1.29, 1.82) is 0 Å². The first-order chi connectivity index (χ1) is 12.2. The number of rotatable bonds is 7. The van der Waals surface area contributed by atoms with Crippen LogP contribution in [0.2, 0.25) is 0 Å². The molecule has 4 nitrogen and oxygen atoms in total. The summed E-state index contributed by atoms with van der Waals surface area (Å²) in [5.41, 5.74) is 1.37. The average Bonchev–Trinajstić information content (AvgIpc) is 2.67. The summed E-state index contributed by atoms with van der Waals surface area (Å²) < 4.78 is 5.74. The largest absolute Gasteiger partial charge is 0.497 e. The first-order valence-electron chi connectivity index (χ1n) is 9.70. The highest BCUT2D eigenvalue weighted by Crippen LogP contribution is 2.20. The van der Waals surface area contributed by atoms with E-state index in [1.165, 1.54) is 31.5 Å². The number of piperidine rings is 1. The molecule has 4 heteroatoms. The number of allylic oxidation sites excluding steroid dienone is 1. The molecule has 1 N–H and O–H groups in total. The van der Waals surface area contributed by atoms with E-state index in [1.54, 1.807) is 0 Å². The fourth-order valence-electron chi connectivity index (χ4n) is 3.85. The summed E-state index contributed by atoms with van der Waals surface area (Å²) in [5.74, 6) is 0. The van der Waals surface area contributed by atoms with E-state index in [-0.39, 0.29) is 0 Å². The minimum absolute atomic E-state index is 0.296. The van der Waals surface area contributed by atoms with Crippen molar-refractivity contribution in [2.24, 2.45) is 0 Å². The van der Waals surface area contributed by atoms with E-state index in [1.807, 2.05) is 6.26 Å². The van der Waals surface area contributed by atoms with Crippen LogP contribution in [-0.2, 0) is 4.74 Å². The maximum Gasteiger partial charge on any atom is 0.110 e. The van der Waals surface area contributed by atoms with Gasteiger partial charge < -0.3 is 19.9 Å². The zero-order chi connectivity index (χ0) is 17.5. The Morgan fingerprint density at radius 1 is 1.20 bits per heavy atom. The molecule has 138 valence electrons. The molecule has 2 heterocycles. The van der Waals surface area contributed by atoms with Gasteiger partial charge in [0.25, 0.3) is 0 Å². The van der Waals surface area contributed by atoms with Crippen LogP contribution in [-0.4, -0.2) is 62.2 Å². The number of likely N-dealkylation sites (tertiary alicyclic amines) is 1. The summed E-state index contributed by atoms with van der Waals surface area (Å²) in [6, 6.07) is 11.9. The van der Waals surface area contributed by atoms with Gasteiger partial charge in [0.2, 0.25) is 0 Å². The predicted octanol–water partition coefficient (Wildman–Crippen LogP) is 3.04. The molecule has 0 spiro atoms. The van der Waals surface area contributed by atoms with Gasteiger partial charge in [-0.2, -0.15) is 0 Å². The molecule has 0 aromatic heterocycles. The molecule has 2 atom stereocenters. The van der Waals surface area contributed by atoms with Crippen molar-refractivity contribution in [1.82, 2.24) is 15.1 Å². The number of hydrogen-bond donors (Lipinski definition) is 1. The number of nitrogens with one attached hydrogen (secondary N) is 1.